The maximum atomic E-state index is 11.9. The number of ketones is 2. The summed E-state index contributed by atoms with van der Waals surface area (Å²) in [6, 6.07) is 10.2. The molecule has 0 radical (unpaired) electrons. The Bertz CT molecular complexity index is 441. The van der Waals surface area contributed by atoms with Crippen molar-refractivity contribution in [2.45, 2.75) is 20.4 Å². The molecule has 2 atom stereocenters. The lowest BCUT2D eigenvalue weighted by Gasteiger charge is -2.34. The number of rotatable bonds is 3. The number of carbonyl (C=O) groups excluding carboxylic acids is 2. The number of benzene rings is 1. The molecule has 96 valence electrons. The molecule has 1 aliphatic heterocycles. The molecule has 3 heteroatoms. The smallest absolute Gasteiger partial charge is 0.148 e. The summed E-state index contributed by atoms with van der Waals surface area (Å²) in [5.41, 5.74) is 1.22. The van der Waals surface area contributed by atoms with Crippen LogP contribution < -0.4 is 0 Å². The topological polar surface area (TPSA) is 37.4 Å². The third kappa shape index (κ3) is 2.85. The predicted octanol–water partition coefficient (Wildman–Crippen LogP) is 1.91. The highest BCUT2D eigenvalue weighted by molar-refractivity contribution is 6.03. The fraction of sp³-hybridized carbons (Fsp3) is 0.467. The highest BCUT2D eigenvalue weighted by Crippen LogP contribution is 2.20. The average molecular weight is 245 g/mol. The van der Waals surface area contributed by atoms with Gasteiger partial charge in [-0.2, -0.15) is 0 Å². The Balaban J connectivity index is 2.06. The Morgan fingerprint density at radius 3 is 2.56 bits per heavy atom. The average Bonchev–Trinajstić information content (AvgIpc) is 2.34. The van der Waals surface area contributed by atoms with E-state index in [4.69, 9.17) is 0 Å². The minimum Gasteiger partial charge on any atom is -0.299 e. The van der Waals surface area contributed by atoms with E-state index in [0.29, 0.717) is 6.54 Å². The van der Waals surface area contributed by atoms with Crippen molar-refractivity contribution in [2.24, 2.45) is 11.8 Å². The van der Waals surface area contributed by atoms with Crippen LogP contribution >= 0.6 is 0 Å². The van der Waals surface area contributed by atoms with Crippen LogP contribution in [0.15, 0.2) is 30.3 Å². The summed E-state index contributed by atoms with van der Waals surface area (Å²) >= 11 is 0. The second kappa shape index (κ2) is 5.44. The van der Waals surface area contributed by atoms with E-state index in [-0.39, 0.29) is 17.5 Å². The van der Waals surface area contributed by atoms with Crippen molar-refractivity contribution in [3.8, 4) is 0 Å². The molecule has 1 heterocycles. The molecule has 0 amide bonds. The normalized spacial score (nSPS) is 25.1. The molecular weight excluding hydrogens is 226 g/mol. The lowest BCUT2D eigenvalue weighted by molar-refractivity contribution is -0.138. The zero-order valence-corrected chi connectivity index (χ0v) is 10.9. The minimum absolute atomic E-state index is 0.00962. The van der Waals surface area contributed by atoms with Crippen LogP contribution in [-0.2, 0) is 16.1 Å². The molecule has 3 nitrogen and oxygen atoms in total. The zero-order valence-electron chi connectivity index (χ0n) is 10.9. The van der Waals surface area contributed by atoms with Crippen molar-refractivity contribution in [2.75, 3.05) is 13.1 Å². The summed E-state index contributed by atoms with van der Waals surface area (Å²) in [7, 11) is 0. The van der Waals surface area contributed by atoms with Gasteiger partial charge in [-0.1, -0.05) is 37.3 Å². The van der Waals surface area contributed by atoms with Gasteiger partial charge in [0.25, 0.3) is 0 Å². The molecule has 1 aromatic rings. The zero-order chi connectivity index (χ0) is 13.1. The SMILES string of the molecule is CC(=O)C1CN(Cc2ccccc2)CC(C)C1=O. The molecule has 0 saturated carbocycles. The lowest BCUT2D eigenvalue weighted by atomic mass is 9.86. The number of hydrogen-bond donors (Lipinski definition) is 0. The number of hydrogen-bond acceptors (Lipinski definition) is 3. The standard InChI is InChI=1S/C15H19NO2/c1-11-8-16(9-13-6-4-3-5-7-13)10-14(12(2)17)15(11)18/h3-7,11,14H,8-10H2,1-2H3. The van der Waals surface area contributed by atoms with E-state index in [0.717, 1.165) is 13.1 Å². The third-order valence-electron chi connectivity index (χ3n) is 3.54. The maximum Gasteiger partial charge on any atom is 0.148 e. The highest BCUT2D eigenvalue weighted by Gasteiger charge is 2.35. The second-order valence-electron chi connectivity index (χ2n) is 5.15. The summed E-state index contributed by atoms with van der Waals surface area (Å²) in [5.74, 6) is -0.384. The second-order valence-corrected chi connectivity index (χ2v) is 5.15. The van der Waals surface area contributed by atoms with Crippen molar-refractivity contribution in [1.29, 1.82) is 0 Å². The van der Waals surface area contributed by atoms with E-state index in [9.17, 15) is 9.59 Å². The minimum atomic E-state index is -0.433. The van der Waals surface area contributed by atoms with E-state index in [1.165, 1.54) is 12.5 Å². The Hall–Kier alpha value is -1.48. The van der Waals surface area contributed by atoms with Gasteiger partial charge in [0.15, 0.2) is 0 Å². The summed E-state index contributed by atoms with van der Waals surface area (Å²) in [6.07, 6.45) is 0. The van der Waals surface area contributed by atoms with E-state index in [1.807, 2.05) is 25.1 Å². The first-order valence-corrected chi connectivity index (χ1v) is 6.38. The van der Waals surface area contributed by atoms with Crippen LogP contribution in [0.4, 0.5) is 0 Å². The Kier molecular flexibility index (Phi) is 3.92. The van der Waals surface area contributed by atoms with Gasteiger partial charge in [0, 0.05) is 25.6 Å². The van der Waals surface area contributed by atoms with Crippen LogP contribution in [0, 0.1) is 11.8 Å². The summed E-state index contributed by atoms with van der Waals surface area (Å²) < 4.78 is 0. The molecule has 2 rings (SSSR count). The monoisotopic (exact) mass is 245 g/mol. The van der Waals surface area contributed by atoms with E-state index in [1.54, 1.807) is 0 Å². The number of carbonyl (C=O) groups is 2. The van der Waals surface area contributed by atoms with Crippen LogP contribution in [0.25, 0.3) is 0 Å². The Morgan fingerprint density at radius 2 is 1.94 bits per heavy atom. The van der Waals surface area contributed by atoms with E-state index < -0.39 is 5.92 Å². The Morgan fingerprint density at radius 1 is 1.28 bits per heavy atom. The molecule has 1 aliphatic rings. The van der Waals surface area contributed by atoms with Crippen molar-refractivity contribution >= 4 is 11.6 Å². The van der Waals surface area contributed by atoms with Gasteiger partial charge in [-0.3, -0.25) is 14.5 Å². The van der Waals surface area contributed by atoms with Gasteiger partial charge in [-0.25, -0.2) is 0 Å². The quantitative estimate of drug-likeness (QED) is 0.763. The van der Waals surface area contributed by atoms with Crippen LogP contribution in [0.2, 0.25) is 0 Å². The number of likely N-dealkylation sites (tertiary alicyclic amines) is 1. The maximum absolute atomic E-state index is 11.9. The molecular formula is C15H19NO2. The molecule has 0 aromatic heterocycles. The van der Waals surface area contributed by atoms with Crippen molar-refractivity contribution in [1.82, 2.24) is 4.90 Å². The molecule has 1 saturated heterocycles. The van der Waals surface area contributed by atoms with Gasteiger partial charge in [0.05, 0.1) is 5.92 Å². The van der Waals surface area contributed by atoms with Gasteiger partial charge in [-0.15, -0.1) is 0 Å². The van der Waals surface area contributed by atoms with Gasteiger partial charge in [0.1, 0.15) is 11.6 Å². The number of Topliss-reactive ketones (excluding diaryl/α,β-unsaturated/α-hetero) is 2. The van der Waals surface area contributed by atoms with Crippen LogP contribution in [0.1, 0.15) is 19.4 Å². The van der Waals surface area contributed by atoms with Gasteiger partial charge in [0.2, 0.25) is 0 Å². The molecule has 2 unspecified atom stereocenters. The summed E-state index contributed by atoms with van der Waals surface area (Å²) in [4.78, 5) is 25.6. The Labute approximate surface area is 108 Å². The van der Waals surface area contributed by atoms with E-state index >= 15 is 0 Å². The fourth-order valence-electron chi connectivity index (χ4n) is 2.54. The largest absolute Gasteiger partial charge is 0.299 e. The van der Waals surface area contributed by atoms with Crippen LogP contribution in [0.3, 0.4) is 0 Å². The lowest BCUT2D eigenvalue weighted by Crippen LogP contribution is -2.47. The molecule has 0 aliphatic carbocycles. The molecule has 18 heavy (non-hydrogen) atoms. The third-order valence-corrected chi connectivity index (χ3v) is 3.54. The predicted molar refractivity (Wildman–Crippen MR) is 70.1 cm³/mol. The van der Waals surface area contributed by atoms with Gasteiger partial charge >= 0.3 is 0 Å². The summed E-state index contributed by atoms with van der Waals surface area (Å²) in [5, 5.41) is 0. The molecule has 0 bridgehead atoms. The van der Waals surface area contributed by atoms with E-state index in [2.05, 4.69) is 17.0 Å². The van der Waals surface area contributed by atoms with Crippen molar-refractivity contribution in [3.63, 3.8) is 0 Å². The van der Waals surface area contributed by atoms with Crippen LogP contribution in [0.5, 0.6) is 0 Å². The number of piperidine rings is 1. The summed E-state index contributed by atoms with van der Waals surface area (Å²) in [6.45, 7) is 5.55. The van der Waals surface area contributed by atoms with Crippen LogP contribution in [-0.4, -0.2) is 29.6 Å². The molecule has 1 fully saturated rings. The number of nitrogens with zero attached hydrogens (tertiary/aromatic N) is 1. The first-order valence-electron chi connectivity index (χ1n) is 6.38. The first kappa shape index (κ1) is 13.0. The molecule has 1 aromatic carbocycles. The molecule has 0 N–H and O–H groups in total. The van der Waals surface area contributed by atoms with Crippen molar-refractivity contribution in [3.05, 3.63) is 35.9 Å². The van der Waals surface area contributed by atoms with Gasteiger partial charge < -0.3 is 0 Å². The van der Waals surface area contributed by atoms with Gasteiger partial charge in [-0.05, 0) is 12.5 Å². The fourth-order valence-corrected chi connectivity index (χ4v) is 2.54. The highest BCUT2D eigenvalue weighted by atomic mass is 16.2. The first-order chi connectivity index (χ1) is 8.58. The van der Waals surface area contributed by atoms with Crippen molar-refractivity contribution < 1.29 is 9.59 Å². The molecule has 0 spiro atoms.